The lowest BCUT2D eigenvalue weighted by Gasteiger charge is -2.21. The number of aliphatic hydroxyl groups is 1. The number of nitrogens with one attached hydrogen (secondary N) is 1. The zero-order valence-electron chi connectivity index (χ0n) is 21.0. The minimum absolute atomic E-state index is 0.0970. The van der Waals surface area contributed by atoms with E-state index in [1.165, 1.54) is 11.3 Å². The van der Waals surface area contributed by atoms with Crippen molar-refractivity contribution < 1.29 is 28.2 Å². The lowest BCUT2D eigenvalue weighted by molar-refractivity contribution is -0.141. The number of aliphatic carboxylic acids is 1. The highest BCUT2D eigenvalue weighted by molar-refractivity contribution is 7.15. The molecule has 0 fully saturated rings. The molecule has 0 aliphatic rings. The van der Waals surface area contributed by atoms with Crippen LogP contribution in [-0.4, -0.2) is 40.9 Å². The van der Waals surface area contributed by atoms with E-state index in [4.69, 9.17) is 5.11 Å². The van der Waals surface area contributed by atoms with E-state index in [2.05, 4.69) is 25.4 Å². The van der Waals surface area contributed by atoms with E-state index in [0.29, 0.717) is 27.6 Å². The minimum Gasteiger partial charge on any atom is -0.481 e. The molecule has 0 aliphatic carbocycles. The molecule has 38 heavy (non-hydrogen) atoms. The molecular weight excluding hydrogens is 521 g/mol. The largest absolute Gasteiger partial charge is 0.481 e. The molecule has 0 aliphatic heterocycles. The van der Waals surface area contributed by atoms with Gasteiger partial charge < -0.3 is 15.5 Å². The summed E-state index contributed by atoms with van der Waals surface area (Å²) in [4.78, 5) is 23.6. The molecule has 0 radical (unpaired) electrons. The second-order valence-electron chi connectivity index (χ2n) is 8.99. The van der Waals surface area contributed by atoms with Crippen LogP contribution in [0.2, 0.25) is 0 Å². The molecule has 1 aromatic carbocycles. The van der Waals surface area contributed by atoms with Crippen LogP contribution in [0, 0.1) is 20.8 Å². The van der Waals surface area contributed by atoms with Crippen LogP contribution in [0.15, 0.2) is 36.7 Å². The van der Waals surface area contributed by atoms with Crippen molar-refractivity contribution >= 4 is 28.9 Å². The molecule has 0 spiro atoms. The van der Waals surface area contributed by atoms with Gasteiger partial charge in [0.05, 0.1) is 23.5 Å². The molecule has 0 amide bonds. The number of anilines is 2. The third kappa shape index (κ3) is 5.68. The molecular formula is C25H25F3N6O3S. The number of carboxylic acids is 1. The lowest BCUT2D eigenvalue weighted by Crippen LogP contribution is -2.24. The summed E-state index contributed by atoms with van der Waals surface area (Å²) in [6.07, 6.45) is -2.02. The Labute approximate surface area is 220 Å². The Balaban J connectivity index is 1.63. The molecule has 4 rings (SSSR count). The van der Waals surface area contributed by atoms with Crippen molar-refractivity contribution in [2.75, 3.05) is 5.32 Å². The van der Waals surface area contributed by atoms with Crippen molar-refractivity contribution in [3.05, 3.63) is 69.9 Å². The van der Waals surface area contributed by atoms with Crippen LogP contribution in [0.4, 0.5) is 24.8 Å². The number of aryl methyl sites for hydroxylation is 3. The average Bonchev–Trinajstić information content (AvgIpc) is 3.42. The predicted molar refractivity (Wildman–Crippen MR) is 135 cm³/mol. The summed E-state index contributed by atoms with van der Waals surface area (Å²) in [5, 5.41) is 28.2. The fourth-order valence-electron chi connectivity index (χ4n) is 4.26. The number of rotatable bonds is 8. The third-order valence-corrected chi connectivity index (χ3v) is 7.15. The van der Waals surface area contributed by atoms with Crippen LogP contribution in [0.3, 0.4) is 0 Å². The summed E-state index contributed by atoms with van der Waals surface area (Å²) < 4.78 is 40.6. The zero-order valence-corrected chi connectivity index (χ0v) is 21.8. The standard InChI is InChI=1S/C25H25F3N6O3S/c1-13-9-16(11-17(10-13)31-23-29-7-5-19(32-23)25(26,27)28)18-12-30-22(38-18)24(4,37)21-14(2)33-34(15(21)3)8-6-20(35)36/h5,7,9-12,37H,6,8H2,1-4H3,(H,35,36)(H,29,31,32). The average molecular weight is 547 g/mol. The van der Waals surface area contributed by atoms with E-state index in [9.17, 15) is 23.1 Å². The smallest absolute Gasteiger partial charge is 0.433 e. The van der Waals surface area contributed by atoms with Crippen LogP contribution < -0.4 is 5.32 Å². The zero-order chi connectivity index (χ0) is 27.8. The molecule has 9 nitrogen and oxygen atoms in total. The number of nitrogens with zero attached hydrogens (tertiary/aromatic N) is 5. The monoisotopic (exact) mass is 546 g/mol. The van der Waals surface area contributed by atoms with Gasteiger partial charge in [-0.2, -0.15) is 18.3 Å². The molecule has 0 bridgehead atoms. The summed E-state index contributed by atoms with van der Waals surface area (Å²) in [7, 11) is 0. The fourth-order valence-corrected chi connectivity index (χ4v) is 5.22. The van der Waals surface area contributed by atoms with Gasteiger partial charge in [-0.05, 0) is 57.0 Å². The molecule has 3 heterocycles. The van der Waals surface area contributed by atoms with E-state index in [1.807, 2.05) is 13.0 Å². The highest BCUT2D eigenvalue weighted by atomic mass is 32.1. The number of alkyl halides is 3. The molecule has 3 aromatic heterocycles. The maximum absolute atomic E-state index is 13.0. The van der Waals surface area contributed by atoms with E-state index in [1.54, 1.807) is 43.8 Å². The number of benzene rings is 1. The molecule has 0 saturated carbocycles. The fraction of sp³-hybridized carbons (Fsp3) is 0.320. The molecule has 3 N–H and O–H groups in total. The molecule has 1 atom stereocenters. The van der Waals surface area contributed by atoms with Crippen LogP contribution in [-0.2, 0) is 23.1 Å². The first-order valence-electron chi connectivity index (χ1n) is 11.5. The van der Waals surface area contributed by atoms with Crippen molar-refractivity contribution in [3.63, 3.8) is 0 Å². The van der Waals surface area contributed by atoms with E-state index < -0.39 is 23.4 Å². The van der Waals surface area contributed by atoms with Gasteiger partial charge in [-0.1, -0.05) is 6.07 Å². The summed E-state index contributed by atoms with van der Waals surface area (Å²) in [5.74, 6) is -1.13. The third-order valence-electron chi connectivity index (χ3n) is 5.89. The van der Waals surface area contributed by atoms with Crippen LogP contribution in [0.5, 0.6) is 0 Å². The van der Waals surface area contributed by atoms with Gasteiger partial charge in [-0.3, -0.25) is 9.48 Å². The number of hydrogen-bond acceptors (Lipinski definition) is 8. The molecule has 1 unspecified atom stereocenters. The van der Waals surface area contributed by atoms with E-state index in [-0.39, 0.29) is 18.9 Å². The van der Waals surface area contributed by atoms with Crippen molar-refractivity contribution in [3.8, 4) is 10.4 Å². The molecule has 13 heteroatoms. The van der Waals surface area contributed by atoms with Gasteiger partial charge in [0, 0.05) is 29.3 Å². The lowest BCUT2D eigenvalue weighted by atomic mass is 9.95. The second-order valence-corrected chi connectivity index (χ2v) is 10.0. The van der Waals surface area contributed by atoms with Crippen LogP contribution in [0.1, 0.15) is 46.6 Å². The van der Waals surface area contributed by atoms with E-state index in [0.717, 1.165) is 28.3 Å². The van der Waals surface area contributed by atoms with Gasteiger partial charge >= 0.3 is 12.1 Å². The minimum atomic E-state index is -4.59. The molecule has 0 saturated heterocycles. The van der Waals surface area contributed by atoms with Crippen molar-refractivity contribution in [1.82, 2.24) is 24.7 Å². The number of thiazole rings is 1. The first-order chi connectivity index (χ1) is 17.8. The Kier molecular flexibility index (Phi) is 7.26. The highest BCUT2D eigenvalue weighted by Crippen LogP contribution is 2.39. The first-order valence-corrected chi connectivity index (χ1v) is 12.3. The quantitative estimate of drug-likeness (QED) is 0.275. The van der Waals surface area contributed by atoms with E-state index >= 15 is 0 Å². The van der Waals surface area contributed by atoms with Crippen molar-refractivity contribution in [2.45, 2.75) is 52.4 Å². The second kappa shape index (κ2) is 10.1. The molecule has 4 aromatic rings. The Morgan fingerprint density at radius 1 is 1.16 bits per heavy atom. The SMILES string of the molecule is Cc1cc(Nc2nccc(C(F)(F)F)n2)cc(-c2cnc(C(C)(O)c3c(C)nn(CCC(=O)O)c3C)s2)c1. The normalized spacial score (nSPS) is 13.4. The highest BCUT2D eigenvalue weighted by Gasteiger charge is 2.35. The number of hydrogen-bond donors (Lipinski definition) is 3. The maximum atomic E-state index is 13.0. The summed E-state index contributed by atoms with van der Waals surface area (Å²) in [5.41, 5.74) is 1.30. The van der Waals surface area contributed by atoms with Crippen LogP contribution in [0.25, 0.3) is 10.4 Å². The van der Waals surface area contributed by atoms with Gasteiger partial charge in [0.15, 0.2) is 0 Å². The number of carbonyl (C=O) groups is 1. The first kappa shape index (κ1) is 27.2. The Bertz CT molecular complexity index is 1500. The number of aromatic nitrogens is 5. The van der Waals surface area contributed by atoms with Gasteiger partial charge in [0.2, 0.25) is 5.95 Å². The maximum Gasteiger partial charge on any atom is 0.433 e. The number of halogens is 3. The van der Waals surface area contributed by atoms with Gasteiger partial charge in [0.25, 0.3) is 0 Å². The Hall–Kier alpha value is -3.84. The summed E-state index contributed by atoms with van der Waals surface area (Å²) in [6, 6.07) is 6.19. The topological polar surface area (TPSA) is 126 Å². The molecule has 200 valence electrons. The Morgan fingerprint density at radius 3 is 2.58 bits per heavy atom. The van der Waals surface area contributed by atoms with Crippen molar-refractivity contribution in [2.24, 2.45) is 0 Å². The van der Waals surface area contributed by atoms with Gasteiger partial charge in [-0.15, -0.1) is 11.3 Å². The number of carboxylic acid groups (broad SMARTS) is 1. The van der Waals surface area contributed by atoms with Gasteiger partial charge in [0.1, 0.15) is 16.3 Å². The summed E-state index contributed by atoms with van der Waals surface area (Å²) in [6.45, 7) is 7.15. The van der Waals surface area contributed by atoms with Gasteiger partial charge in [-0.25, -0.2) is 15.0 Å². The Morgan fingerprint density at radius 2 is 1.89 bits per heavy atom. The summed E-state index contributed by atoms with van der Waals surface area (Å²) >= 11 is 1.26. The van der Waals surface area contributed by atoms with Crippen LogP contribution >= 0.6 is 11.3 Å². The predicted octanol–water partition coefficient (Wildman–Crippen LogP) is 5.21. The van der Waals surface area contributed by atoms with Crippen molar-refractivity contribution in [1.29, 1.82) is 0 Å².